The van der Waals surface area contributed by atoms with Crippen LogP contribution in [0.4, 0.5) is 5.69 Å². The van der Waals surface area contributed by atoms with Crippen LogP contribution in [0, 0.1) is 6.92 Å². The number of aromatic nitrogens is 1. The summed E-state index contributed by atoms with van der Waals surface area (Å²) in [5.41, 5.74) is 3.59. The smallest absolute Gasteiger partial charge is 0.255 e. The number of carbonyl (C=O) groups is 1. The number of nitrogens with zero attached hydrogens (tertiary/aromatic N) is 1. The molecule has 1 N–H and O–H groups in total. The first-order valence-corrected chi connectivity index (χ1v) is 8.87. The second-order valence-corrected chi connectivity index (χ2v) is 7.46. The monoisotopic (exact) mass is 328 g/mol. The molecule has 1 amide bonds. The lowest BCUT2D eigenvalue weighted by Crippen LogP contribution is -2.11. The van der Waals surface area contributed by atoms with Gasteiger partial charge in [-0.25, -0.2) is 4.98 Å². The first kappa shape index (κ1) is 15.1. The lowest BCUT2D eigenvalue weighted by atomic mass is 10.1. The Labute approximate surface area is 137 Å². The molecule has 5 heteroatoms. The van der Waals surface area contributed by atoms with Crippen LogP contribution >= 0.6 is 23.1 Å². The molecule has 0 fully saturated rings. The van der Waals surface area contributed by atoms with Crippen LogP contribution in [0.15, 0.2) is 46.8 Å². The van der Waals surface area contributed by atoms with Gasteiger partial charge in [0.05, 0.1) is 10.2 Å². The van der Waals surface area contributed by atoms with Crippen molar-refractivity contribution in [3.8, 4) is 0 Å². The predicted octanol–water partition coefficient (Wildman–Crippen LogP) is 4.97. The third-order valence-corrected chi connectivity index (χ3v) is 5.25. The maximum absolute atomic E-state index is 12.2. The zero-order valence-electron chi connectivity index (χ0n) is 12.4. The van der Waals surface area contributed by atoms with Gasteiger partial charge in [0.25, 0.3) is 5.91 Å². The summed E-state index contributed by atoms with van der Waals surface area (Å²) in [4.78, 5) is 16.8. The number of rotatable bonds is 4. The van der Waals surface area contributed by atoms with E-state index in [1.807, 2.05) is 49.4 Å². The Morgan fingerprint density at radius 1 is 1.23 bits per heavy atom. The van der Waals surface area contributed by atoms with Crippen LogP contribution in [0.25, 0.3) is 10.2 Å². The highest BCUT2D eigenvalue weighted by atomic mass is 32.2. The Kier molecular flexibility index (Phi) is 4.45. The number of benzene rings is 2. The average Bonchev–Trinajstić information content (AvgIpc) is 2.90. The van der Waals surface area contributed by atoms with E-state index in [1.54, 1.807) is 23.1 Å². The molecule has 0 saturated heterocycles. The number of aryl methyl sites for hydroxylation is 1. The molecule has 112 valence electrons. The minimum absolute atomic E-state index is 0.0907. The highest BCUT2D eigenvalue weighted by Crippen LogP contribution is 2.31. The molecule has 0 radical (unpaired) electrons. The fourth-order valence-electron chi connectivity index (χ4n) is 2.07. The summed E-state index contributed by atoms with van der Waals surface area (Å²) in [5, 5.41) is 2.94. The fourth-order valence-corrected chi connectivity index (χ4v) is 4.08. The Bertz CT molecular complexity index is 809. The molecule has 0 unspecified atom stereocenters. The van der Waals surface area contributed by atoms with Crippen LogP contribution < -0.4 is 5.32 Å². The van der Waals surface area contributed by atoms with Crippen molar-refractivity contribution < 1.29 is 4.79 Å². The largest absolute Gasteiger partial charge is 0.322 e. The minimum atomic E-state index is -0.0907. The molecule has 0 spiro atoms. The summed E-state index contributed by atoms with van der Waals surface area (Å²) in [7, 11) is 0. The number of thiazole rings is 1. The van der Waals surface area contributed by atoms with E-state index in [-0.39, 0.29) is 5.91 Å². The van der Waals surface area contributed by atoms with Crippen molar-refractivity contribution in [2.24, 2.45) is 0 Å². The van der Waals surface area contributed by atoms with E-state index >= 15 is 0 Å². The highest BCUT2D eigenvalue weighted by Gasteiger charge is 2.08. The van der Waals surface area contributed by atoms with Crippen LogP contribution in [0.1, 0.15) is 22.8 Å². The molecule has 22 heavy (non-hydrogen) atoms. The topological polar surface area (TPSA) is 42.0 Å². The van der Waals surface area contributed by atoms with Crippen molar-refractivity contribution >= 4 is 44.9 Å². The third kappa shape index (κ3) is 3.31. The summed E-state index contributed by atoms with van der Waals surface area (Å²) in [5.74, 6) is 0.920. The SMILES string of the molecule is CCSc1nc2ccc(NC(=O)c3ccc(C)cc3)cc2s1. The van der Waals surface area contributed by atoms with Crippen molar-refractivity contribution in [3.05, 3.63) is 53.6 Å². The standard InChI is InChI=1S/C17H16N2OS2/c1-3-21-17-19-14-9-8-13(10-15(14)22-17)18-16(20)12-6-4-11(2)5-7-12/h4-10H,3H2,1-2H3,(H,18,20). The normalized spacial score (nSPS) is 10.8. The van der Waals surface area contributed by atoms with Crippen molar-refractivity contribution in [2.75, 3.05) is 11.1 Å². The van der Waals surface area contributed by atoms with E-state index in [4.69, 9.17) is 0 Å². The number of hydrogen-bond donors (Lipinski definition) is 1. The molecule has 3 aromatic rings. The van der Waals surface area contributed by atoms with Gasteiger partial charge in [0.15, 0.2) is 4.34 Å². The third-order valence-electron chi connectivity index (χ3n) is 3.21. The fraction of sp³-hybridized carbons (Fsp3) is 0.176. The van der Waals surface area contributed by atoms with E-state index in [0.29, 0.717) is 5.56 Å². The second kappa shape index (κ2) is 6.50. The second-order valence-electron chi connectivity index (χ2n) is 4.92. The van der Waals surface area contributed by atoms with Gasteiger partial charge in [-0.2, -0.15) is 0 Å². The molecule has 2 aromatic carbocycles. The number of amides is 1. The summed E-state index contributed by atoms with van der Waals surface area (Å²) < 4.78 is 2.16. The number of hydrogen-bond acceptors (Lipinski definition) is 4. The van der Waals surface area contributed by atoms with Gasteiger partial charge in [-0.1, -0.05) is 36.4 Å². The Morgan fingerprint density at radius 3 is 2.73 bits per heavy atom. The molecule has 0 aliphatic heterocycles. The van der Waals surface area contributed by atoms with Gasteiger partial charge in [-0.05, 0) is 43.0 Å². The lowest BCUT2D eigenvalue weighted by molar-refractivity contribution is 0.102. The van der Waals surface area contributed by atoms with Gasteiger partial charge >= 0.3 is 0 Å². The number of thioether (sulfide) groups is 1. The van der Waals surface area contributed by atoms with Crippen LogP contribution in [0.3, 0.4) is 0 Å². The van der Waals surface area contributed by atoms with Gasteiger partial charge in [0.2, 0.25) is 0 Å². The molecule has 0 aliphatic carbocycles. The molecule has 1 aromatic heterocycles. The van der Waals surface area contributed by atoms with Crippen LogP contribution in [-0.2, 0) is 0 Å². The van der Waals surface area contributed by atoms with E-state index < -0.39 is 0 Å². The van der Waals surface area contributed by atoms with Crippen molar-refractivity contribution in [1.82, 2.24) is 4.98 Å². The minimum Gasteiger partial charge on any atom is -0.322 e. The summed E-state index contributed by atoms with van der Waals surface area (Å²) in [6, 6.07) is 13.4. The summed E-state index contributed by atoms with van der Waals surface area (Å²) >= 11 is 3.40. The first-order valence-electron chi connectivity index (χ1n) is 7.07. The van der Waals surface area contributed by atoms with Crippen molar-refractivity contribution in [3.63, 3.8) is 0 Å². The predicted molar refractivity (Wildman–Crippen MR) is 95.2 cm³/mol. The molecule has 0 bridgehead atoms. The Balaban J connectivity index is 1.81. The Morgan fingerprint density at radius 2 is 2.00 bits per heavy atom. The van der Waals surface area contributed by atoms with Gasteiger partial charge in [-0.3, -0.25) is 4.79 Å². The molecule has 0 atom stereocenters. The van der Waals surface area contributed by atoms with Gasteiger partial charge in [0, 0.05) is 11.3 Å². The summed E-state index contributed by atoms with van der Waals surface area (Å²) in [6.07, 6.45) is 0. The molecular weight excluding hydrogens is 312 g/mol. The van der Waals surface area contributed by atoms with Crippen molar-refractivity contribution in [1.29, 1.82) is 0 Å². The molecule has 1 heterocycles. The number of carbonyl (C=O) groups excluding carboxylic acids is 1. The van der Waals surface area contributed by atoms with Gasteiger partial charge in [0.1, 0.15) is 0 Å². The molecule has 0 saturated carbocycles. The molecule has 3 nitrogen and oxygen atoms in total. The van der Waals surface area contributed by atoms with Crippen LogP contribution in [0.5, 0.6) is 0 Å². The van der Waals surface area contributed by atoms with Crippen molar-refractivity contribution in [2.45, 2.75) is 18.2 Å². The van der Waals surface area contributed by atoms with Gasteiger partial charge < -0.3 is 5.32 Å². The van der Waals surface area contributed by atoms with E-state index in [0.717, 1.165) is 31.6 Å². The van der Waals surface area contributed by atoms with Gasteiger partial charge in [-0.15, -0.1) is 11.3 Å². The zero-order chi connectivity index (χ0) is 15.5. The molecule has 0 aliphatic rings. The summed E-state index contributed by atoms with van der Waals surface area (Å²) in [6.45, 7) is 4.12. The lowest BCUT2D eigenvalue weighted by Gasteiger charge is -2.05. The zero-order valence-corrected chi connectivity index (χ0v) is 14.1. The Hall–Kier alpha value is -1.85. The maximum Gasteiger partial charge on any atom is 0.255 e. The molecular formula is C17H16N2OS2. The highest BCUT2D eigenvalue weighted by molar-refractivity contribution is 8.01. The van der Waals surface area contributed by atoms with Crippen LogP contribution in [-0.4, -0.2) is 16.6 Å². The average molecular weight is 328 g/mol. The number of nitrogens with one attached hydrogen (secondary N) is 1. The van der Waals surface area contributed by atoms with E-state index in [2.05, 4.69) is 17.2 Å². The molecule has 3 rings (SSSR count). The quantitative estimate of drug-likeness (QED) is 0.688. The first-order chi connectivity index (χ1) is 10.7. The maximum atomic E-state index is 12.2. The number of fused-ring (bicyclic) bond motifs is 1. The van der Waals surface area contributed by atoms with E-state index in [1.165, 1.54) is 0 Å². The van der Waals surface area contributed by atoms with E-state index in [9.17, 15) is 4.79 Å². The number of anilines is 1. The van der Waals surface area contributed by atoms with Crippen LogP contribution in [0.2, 0.25) is 0 Å².